The summed E-state index contributed by atoms with van der Waals surface area (Å²) in [5.41, 5.74) is 1.20. The molecule has 25 heavy (non-hydrogen) atoms. The molecule has 0 aromatic heterocycles. The number of carbonyl (C=O) groups is 2. The lowest BCUT2D eigenvalue weighted by atomic mass is 10.0. The van der Waals surface area contributed by atoms with Gasteiger partial charge in [0.1, 0.15) is 5.76 Å². The van der Waals surface area contributed by atoms with Crippen LogP contribution in [-0.2, 0) is 14.3 Å². The highest BCUT2D eigenvalue weighted by molar-refractivity contribution is 6.43. The van der Waals surface area contributed by atoms with E-state index in [-0.39, 0.29) is 17.0 Å². The Bertz CT molecular complexity index is 918. The van der Waals surface area contributed by atoms with E-state index in [1.165, 1.54) is 32.2 Å². The van der Waals surface area contributed by atoms with Crippen LogP contribution in [-0.4, -0.2) is 23.8 Å². The third-order valence-electron chi connectivity index (χ3n) is 3.90. The van der Waals surface area contributed by atoms with Crippen LogP contribution in [0.15, 0.2) is 48.5 Å². The van der Waals surface area contributed by atoms with Gasteiger partial charge in [-0.2, -0.15) is 0 Å². The molecule has 0 bridgehead atoms. The van der Waals surface area contributed by atoms with Gasteiger partial charge in [0, 0.05) is 30.2 Å². The van der Waals surface area contributed by atoms with Gasteiger partial charge in [0.2, 0.25) is 5.91 Å². The number of nitro groups is 1. The molecule has 0 saturated heterocycles. The average Bonchev–Trinajstić information content (AvgIpc) is 2.88. The van der Waals surface area contributed by atoms with E-state index in [0.717, 1.165) is 4.90 Å². The number of nitrogens with zero attached hydrogens (tertiary/aromatic N) is 2. The molecule has 0 atom stereocenters. The van der Waals surface area contributed by atoms with Crippen LogP contribution in [0.2, 0.25) is 0 Å². The van der Waals surface area contributed by atoms with E-state index in [0.29, 0.717) is 16.8 Å². The van der Waals surface area contributed by atoms with Crippen LogP contribution in [0.1, 0.15) is 18.1 Å². The number of ether oxygens (including phenoxy) is 1. The summed E-state index contributed by atoms with van der Waals surface area (Å²) < 4.78 is 5.43. The van der Waals surface area contributed by atoms with Crippen LogP contribution in [0.4, 0.5) is 11.4 Å². The fourth-order valence-corrected chi connectivity index (χ4v) is 2.86. The predicted octanol–water partition coefficient (Wildman–Crippen LogP) is 3.00. The normalized spacial score (nSPS) is 15.0. The first-order valence-electron chi connectivity index (χ1n) is 7.43. The standard InChI is InChI=1S/C18H14N2O5/c1-11(21)19-15-9-8-13(20(23)24)10-14(15)16(18(19)22)17(25-2)12-6-4-3-5-7-12/h3-10H,1-2H3/b17-16-. The van der Waals surface area contributed by atoms with E-state index in [1.54, 1.807) is 24.3 Å². The van der Waals surface area contributed by atoms with Gasteiger partial charge in [-0.05, 0) is 6.07 Å². The second kappa shape index (κ2) is 6.20. The molecular formula is C18H14N2O5. The molecule has 3 rings (SSSR count). The second-order valence-electron chi connectivity index (χ2n) is 5.39. The van der Waals surface area contributed by atoms with Gasteiger partial charge in [0.25, 0.3) is 11.6 Å². The van der Waals surface area contributed by atoms with Crippen LogP contribution < -0.4 is 4.90 Å². The first-order valence-corrected chi connectivity index (χ1v) is 7.43. The fraction of sp³-hybridized carbons (Fsp3) is 0.111. The van der Waals surface area contributed by atoms with Crippen molar-refractivity contribution in [3.63, 3.8) is 0 Å². The van der Waals surface area contributed by atoms with Crippen molar-refractivity contribution in [2.24, 2.45) is 0 Å². The predicted molar refractivity (Wildman–Crippen MR) is 91.5 cm³/mol. The van der Waals surface area contributed by atoms with Crippen LogP contribution >= 0.6 is 0 Å². The van der Waals surface area contributed by atoms with Gasteiger partial charge in [-0.1, -0.05) is 30.3 Å². The number of rotatable bonds is 3. The number of hydrogen-bond acceptors (Lipinski definition) is 5. The largest absolute Gasteiger partial charge is 0.495 e. The number of imide groups is 1. The Hall–Kier alpha value is -3.48. The van der Waals surface area contributed by atoms with E-state index < -0.39 is 16.7 Å². The zero-order chi connectivity index (χ0) is 18.1. The number of methoxy groups -OCH3 is 1. The highest BCUT2D eigenvalue weighted by Crippen LogP contribution is 2.42. The number of nitro benzene ring substituents is 1. The Balaban J connectivity index is 2.33. The van der Waals surface area contributed by atoms with E-state index >= 15 is 0 Å². The molecule has 0 N–H and O–H groups in total. The Morgan fingerprint density at radius 3 is 2.40 bits per heavy atom. The minimum atomic E-state index is -0.566. The maximum absolute atomic E-state index is 12.9. The Morgan fingerprint density at radius 2 is 1.84 bits per heavy atom. The number of hydrogen-bond donors (Lipinski definition) is 0. The van der Waals surface area contributed by atoms with Crippen molar-refractivity contribution in [2.45, 2.75) is 6.92 Å². The van der Waals surface area contributed by atoms with Crippen molar-refractivity contribution in [2.75, 3.05) is 12.0 Å². The Kier molecular flexibility index (Phi) is 4.06. The third-order valence-corrected chi connectivity index (χ3v) is 3.90. The van der Waals surface area contributed by atoms with Crippen molar-refractivity contribution in [1.29, 1.82) is 0 Å². The van der Waals surface area contributed by atoms with E-state index in [4.69, 9.17) is 4.74 Å². The zero-order valence-electron chi connectivity index (χ0n) is 13.6. The van der Waals surface area contributed by atoms with Gasteiger partial charge >= 0.3 is 0 Å². The molecule has 126 valence electrons. The number of amides is 2. The molecule has 2 amide bonds. The fourth-order valence-electron chi connectivity index (χ4n) is 2.86. The van der Waals surface area contributed by atoms with Crippen LogP contribution in [0.25, 0.3) is 11.3 Å². The molecule has 1 heterocycles. The maximum Gasteiger partial charge on any atom is 0.270 e. The molecule has 0 aliphatic carbocycles. The minimum absolute atomic E-state index is 0.127. The summed E-state index contributed by atoms with van der Waals surface area (Å²) in [4.78, 5) is 36.3. The number of fused-ring (bicyclic) bond motifs is 1. The lowest BCUT2D eigenvalue weighted by Gasteiger charge is -2.12. The van der Waals surface area contributed by atoms with E-state index in [9.17, 15) is 19.7 Å². The summed E-state index contributed by atoms with van der Waals surface area (Å²) in [5, 5.41) is 11.1. The highest BCUT2D eigenvalue weighted by Gasteiger charge is 2.39. The van der Waals surface area contributed by atoms with Crippen LogP contribution in [0.5, 0.6) is 0 Å². The maximum atomic E-state index is 12.9. The van der Waals surface area contributed by atoms with E-state index in [2.05, 4.69) is 0 Å². The second-order valence-corrected chi connectivity index (χ2v) is 5.39. The molecule has 0 spiro atoms. The number of non-ortho nitro benzene ring substituents is 1. The number of benzene rings is 2. The molecular weight excluding hydrogens is 324 g/mol. The molecule has 7 heteroatoms. The molecule has 0 radical (unpaired) electrons. The summed E-state index contributed by atoms with van der Waals surface area (Å²) in [6.07, 6.45) is 0. The van der Waals surface area contributed by atoms with Crippen molar-refractivity contribution >= 4 is 34.5 Å². The van der Waals surface area contributed by atoms with Gasteiger partial charge in [0.05, 0.1) is 23.3 Å². The number of anilines is 1. The quantitative estimate of drug-likeness (QED) is 0.371. The molecule has 1 aliphatic heterocycles. The topological polar surface area (TPSA) is 89.8 Å². The van der Waals surface area contributed by atoms with Crippen LogP contribution in [0, 0.1) is 10.1 Å². The molecule has 2 aromatic rings. The molecule has 0 fully saturated rings. The molecule has 0 saturated carbocycles. The van der Waals surface area contributed by atoms with Crippen molar-refractivity contribution < 1.29 is 19.2 Å². The van der Waals surface area contributed by atoms with Crippen molar-refractivity contribution in [3.05, 3.63) is 69.8 Å². The molecule has 0 unspecified atom stereocenters. The number of carbonyl (C=O) groups excluding carboxylic acids is 2. The molecule has 7 nitrogen and oxygen atoms in total. The Labute approximate surface area is 143 Å². The lowest BCUT2D eigenvalue weighted by molar-refractivity contribution is -0.384. The van der Waals surface area contributed by atoms with Gasteiger partial charge in [-0.25, -0.2) is 4.90 Å². The monoisotopic (exact) mass is 338 g/mol. The van der Waals surface area contributed by atoms with E-state index in [1.807, 2.05) is 6.07 Å². The van der Waals surface area contributed by atoms with Crippen LogP contribution in [0.3, 0.4) is 0 Å². The summed E-state index contributed by atoms with van der Waals surface area (Å²) in [7, 11) is 1.41. The SMILES string of the molecule is CO/C(=C1\C(=O)N(C(C)=O)c2ccc([N+](=O)[O-])cc21)c1ccccc1. The first-order chi connectivity index (χ1) is 12.0. The Morgan fingerprint density at radius 1 is 1.16 bits per heavy atom. The van der Waals surface area contributed by atoms with Crippen molar-refractivity contribution in [3.8, 4) is 0 Å². The summed E-state index contributed by atoms with van der Waals surface area (Å²) >= 11 is 0. The molecule has 1 aliphatic rings. The highest BCUT2D eigenvalue weighted by atomic mass is 16.6. The summed E-state index contributed by atoms with van der Waals surface area (Å²) in [6, 6.07) is 12.8. The summed E-state index contributed by atoms with van der Waals surface area (Å²) in [6.45, 7) is 1.26. The van der Waals surface area contributed by atoms with Gasteiger partial charge < -0.3 is 4.74 Å². The van der Waals surface area contributed by atoms with Gasteiger partial charge in [-0.15, -0.1) is 0 Å². The zero-order valence-corrected chi connectivity index (χ0v) is 13.6. The minimum Gasteiger partial charge on any atom is -0.495 e. The molecule has 2 aromatic carbocycles. The smallest absolute Gasteiger partial charge is 0.270 e. The van der Waals surface area contributed by atoms with Gasteiger partial charge in [-0.3, -0.25) is 19.7 Å². The third kappa shape index (κ3) is 2.65. The lowest BCUT2D eigenvalue weighted by Crippen LogP contribution is -2.31. The van der Waals surface area contributed by atoms with Crippen molar-refractivity contribution in [1.82, 2.24) is 0 Å². The van der Waals surface area contributed by atoms with Gasteiger partial charge in [0.15, 0.2) is 0 Å². The summed E-state index contributed by atoms with van der Waals surface area (Å²) in [5.74, 6) is -0.779. The first kappa shape index (κ1) is 16.4. The average molecular weight is 338 g/mol.